The Bertz CT molecular complexity index is 626. The largest absolute Gasteiger partial charge is 0.340 e. The molecule has 0 radical (unpaired) electrons. The molecule has 2 heterocycles. The van der Waals surface area contributed by atoms with Crippen LogP contribution in [0.5, 0.6) is 0 Å². The van der Waals surface area contributed by atoms with E-state index in [1.807, 2.05) is 18.0 Å². The number of piperazine rings is 1. The number of carbonyl (C=O) groups excluding carboxylic acids is 3. The van der Waals surface area contributed by atoms with Gasteiger partial charge in [-0.15, -0.1) is 0 Å². The lowest BCUT2D eigenvalue weighted by molar-refractivity contribution is -0.133. The van der Waals surface area contributed by atoms with E-state index in [4.69, 9.17) is 0 Å². The van der Waals surface area contributed by atoms with Crippen molar-refractivity contribution >= 4 is 23.5 Å². The second kappa shape index (κ2) is 7.00. The van der Waals surface area contributed by atoms with Crippen LogP contribution in [0.15, 0.2) is 30.3 Å². The lowest BCUT2D eigenvalue weighted by atomic mass is 10.1. The predicted molar refractivity (Wildman–Crippen MR) is 89.6 cm³/mol. The van der Waals surface area contributed by atoms with Crippen molar-refractivity contribution in [3.63, 3.8) is 0 Å². The Hall–Kier alpha value is -2.41. The first-order chi connectivity index (χ1) is 11.6. The van der Waals surface area contributed by atoms with Crippen molar-refractivity contribution < 1.29 is 14.4 Å². The smallest absolute Gasteiger partial charge is 0.329 e. The van der Waals surface area contributed by atoms with Gasteiger partial charge in [-0.2, -0.15) is 0 Å². The summed E-state index contributed by atoms with van der Waals surface area (Å²) in [7, 11) is 2.03. The van der Waals surface area contributed by atoms with E-state index in [0.717, 1.165) is 31.1 Å². The molecule has 4 amide bonds. The van der Waals surface area contributed by atoms with Gasteiger partial charge in [0, 0.05) is 32.6 Å². The van der Waals surface area contributed by atoms with Gasteiger partial charge in [0.05, 0.1) is 5.69 Å². The van der Waals surface area contributed by atoms with Crippen LogP contribution in [0.2, 0.25) is 0 Å². The molecule has 3 rings (SSSR count). The number of hydrogen-bond donors (Lipinski definition) is 1. The van der Waals surface area contributed by atoms with Gasteiger partial charge >= 0.3 is 6.03 Å². The highest BCUT2D eigenvalue weighted by Gasteiger charge is 2.39. The number of imide groups is 1. The normalized spacial score (nSPS) is 22.0. The third kappa shape index (κ3) is 3.41. The Morgan fingerprint density at radius 3 is 2.46 bits per heavy atom. The third-order valence-corrected chi connectivity index (χ3v) is 4.54. The molecule has 2 aliphatic rings. The van der Waals surface area contributed by atoms with Crippen LogP contribution in [0, 0.1) is 0 Å². The molecule has 1 aromatic rings. The van der Waals surface area contributed by atoms with E-state index < -0.39 is 12.1 Å². The maximum Gasteiger partial charge on any atom is 0.329 e. The topological polar surface area (TPSA) is 73.0 Å². The van der Waals surface area contributed by atoms with Gasteiger partial charge in [-0.25, -0.2) is 9.69 Å². The number of likely N-dealkylation sites (N-methyl/N-ethyl adjacent to an activating group) is 1. The number of nitrogens with one attached hydrogen (secondary N) is 1. The fraction of sp³-hybridized carbons (Fsp3) is 0.471. The standard InChI is InChI=1S/C17H22N4O3/c1-19-9-11-20(12-10-19)15(22)8-7-14-16(23)21(17(24)18-14)13-5-3-2-4-6-13/h2-6,14H,7-12H2,1H3,(H,18,24). The fourth-order valence-corrected chi connectivity index (χ4v) is 3.03. The fourth-order valence-electron chi connectivity index (χ4n) is 3.03. The van der Waals surface area contributed by atoms with Crippen LogP contribution in [0.3, 0.4) is 0 Å². The second-order valence-electron chi connectivity index (χ2n) is 6.23. The number of urea groups is 1. The van der Waals surface area contributed by atoms with Gasteiger partial charge in [-0.3, -0.25) is 9.59 Å². The van der Waals surface area contributed by atoms with Crippen LogP contribution in [0.1, 0.15) is 12.8 Å². The van der Waals surface area contributed by atoms with Gasteiger partial charge in [0.25, 0.3) is 5.91 Å². The number of benzene rings is 1. The monoisotopic (exact) mass is 330 g/mol. The average molecular weight is 330 g/mol. The van der Waals surface area contributed by atoms with Gasteiger partial charge in [0.1, 0.15) is 6.04 Å². The molecule has 7 nitrogen and oxygen atoms in total. The molecular formula is C17H22N4O3. The van der Waals surface area contributed by atoms with Crippen LogP contribution in [0.4, 0.5) is 10.5 Å². The molecule has 1 atom stereocenters. The number of rotatable bonds is 4. The maximum atomic E-state index is 12.5. The minimum absolute atomic E-state index is 0.0447. The number of hydrogen-bond acceptors (Lipinski definition) is 4. The molecule has 7 heteroatoms. The first kappa shape index (κ1) is 16.4. The highest BCUT2D eigenvalue weighted by molar-refractivity contribution is 6.21. The van der Waals surface area contributed by atoms with Crippen molar-refractivity contribution in [2.24, 2.45) is 0 Å². The van der Waals surface area contributed by atoms with Crippen molar-refractivity contribution in [3.8, 4) is 0 Å². The summed E-state index contributed by atoms with van der Waals surface area (Å²) in [5, 5.41) is 2.68. The summed E-state index contributed by atoms with van der Waals surface area (Å²) in [6.07, 6.45) is 0.599. The Balaban J connectivity index is 1.56. The molecular weight excluding hydrogens is 308 g/mol. The summed E-state index contributed by atoms with van der Waals surface area (Å²) in [5.74, 6) is -0.249. The lowest BCUT2D eigenvalue weighted by Gasteiger charge is -2.32. The van der Waals surface area contributed by atoms with Crippen LogP contribution in [-0.2, 0) is 9.59 Å². The van der Waals surface area contributed by atoms with Crippen molar-refractivity contribution in [1.82, 2.24) is 15.1 Å². The molecule has 0 saturated carbocycles. The van der Waals surface area contributed by atoms with Gasteiger partial charge in [0.15, 0.2) is 0 Å². The number of nitrogens with zero attached hydrogens (tertiary/aromatic N) is 3. The zero-order valence-corrected chi connectivity index (χ0v) is 13.8. The highest BCUT2D eigenvalue weighted by atomic mass is 16.2. The molecule has 128 valence electrons. The Morgan fingerprint density at radius 1 is 1.12 bits per heavy atom. The summed E-state index contributed by atoms with van der Waals surface area (Å²) in [6.45, 7) is 3.17. The van der Waals surface area contributed by atoms with E-state index in [2.05, 4.69) is 10.2 Å². The van der Waals surface area contributed by atoms with Gasteiger partial charge in [-0.1, -0.05) is 18.2 Å². The molecule has 0 aromatic heterocycles. The Morgan fingerprint density at radius 2 is 1.79 bits per heavy atom. The first-order valence-electron chi connectivity index (χ1n) is 8.22. The molecule has 0 bridgehead atoms. The van der Waals surface area contributed by atoms with Crippen LogP contribution < -0.4 is 10.2 Å². The van der Waals surface area contributed by atoms with E-state index >= 15 is 0 Å². The van der Waals surface area contributed by atoms with E-state index in [9.17, 15) is 14.4 Å². The molecule has 24 heavy (non-hydrogen) atoms. The summed E-state index contributed by atoms with van der Waals surface area (Å²) in [6, 6.07) is 7.76. The molecule has 2 aliphatic heterocycles. The van der Waals surface area contributed by atoms with Crippen LogP contribution in [-0.4, -0.2) is 66.9 Å². The molecule has 0 spiro atoms. The van der Waals surface area contributed by atoms with Crippen LogP contribution >= 0.6 is 0 Å². The summed E-state index contributed by atoms with van der Waals surface area (Å²) in [4.78, 5) is 42.0. The number of amides is 4. The highest BCUT2D eigenvalue weighted by Crippen LogP contribution is 2.21. The second-order valence-corrected chi connectivity index (χ2v) is 6.23. The molecule has 1 N–H and O–H groups in total. The molecule has 2 saturated heterocycles. The van der Waals surface area contributed by atoms with Gasteiger partial charge in [0.2, 0.25) is 5.91 Å². The first-order valence-corrected chi connectivity index (χ1v) is 8.22. The van der Waals surface area contributed by atoms with Crippen LogP contribution in [0.25, 0.3) is 0 Å². The number of carbonyl (C=O) groups is 3. The quantitative estimate of drug-likeness (QED) is 0.824. The number of anilines is 1. The van der Waals surface area contributed by atoms with Gasteiger partial charge < -0.3 is 15.1 Å². The SMILES string of the molecule is CN1CCN(C(=O)CCC2NC(=O)N(c3ccccc3)C2=O)CC1. The Kier molecular flexibility index (Phi) is 4.80. The lowest BCUT2D eigenvalue weighted by Crippen LogP contribution is -2.47. The van der Waals surface area contributed by atoms with E-state index in [-0.39, 0.29) is 18.2 Å². The molecule has 0 aliphatic carbocycles. The van der Waals surface area contributed by atoms with Gasteiger partial charge in [-0.05, 0) is 25.6 Å². The third-order valence-electron chi connectivity index (χ3n) is 4.54. The maximum absolute atomic E-state index is 12.5. The van der Waals surface area contributed by atoms with Crippen molar-refractivity contribution in [2.75, 3.05) is 38.1 Å². The van der Waals surface area contributed by atoms with Crippen molar-refractivity contribution in [1.29, 1.82) is 0 Å². The molecule has 1 unspecified atom stereocenters. The summed E-state index contributed by atoms with van der Waals surface area (Å²) in [5.41, 5.74) is 0.549. The number of para-hydroxylation sites is 1. The molecule has 1 aromatic carbocycles. The zero-order valence-electron chi connectivity index (χ0n) is 13.8. The van der Waals surface area contributed by atoms with E-state index in [0.29, 0.717) is 12.1 Å². The summed E-state index contributed by atoms with van der Waals surface area (Å²) < 4.78 is 0. The Labute approximate surface area is 141 Å². The van der Waals surface area contributed by atoms with Crippen molar-refractivity contribution in [2.45, 2.75) is 18.9 Å². The molecule has 2 fully saturated rings. The minimum Gasteiger partial charge on any atom is -0.340 e. The van der Waals surface area contributed by atoms with Crippen molar-refractivity contribution in [3.05, 3.63) is 30.3 Å². The van der Waals surface area contributed by atoms with E-state index in [1.54, 1.807) is 24.3 Å². The minimum atomic E-state index is -0.630. The average Bonchev–Trinajstić information content (AvgIpc) is 2.88. The van der Waals surface area contributed by atoms with E-state index in [1.165, 1.54) is 0 Å². The zero-order chi connectivity index (χ0) is 17.1. The summed E-state index contributed by atoms with van der Waals surface area (Å²) >= 11 is 0. The predicted octanol–water partition coefficient (Wildman–Crippen LogP) is 0.666.